The molecule has 1 N–H and O–H groups in total. The smallest absolute Gasteiger partial charge is 0.337 e. The van der Waals surface area contributed by atoms with Crippen molar-refractivity contribution >= 4 is 16.9 Å². The lowest BCUT2D eigenvalue weighted by Crippen LogP contribution is -2.50. The predicted molar refractivity (Wildman–Crippen MR) is 141 cm³/mol. The molecule has 1 fully saturated rings. The molecule has 4 rings (SSSR count). The van der Waals surface area contributed by atoms with Crippen LogP contribution in [0, 0.1) is 6.92 Å². The van der Waals surface area contributed by atoms with E-state index < -0.39 is 5.60 Å². The van der Waals surface area contributed by atoms with Crippen LogP contribution in [-0.2, 0) is 17.7 Å². The zero-order valence-corrected chi connectivity index (χ0v) is 21.6. The summed E-state index contributed by atoms with van der Waals surface area (Å²) in [7, 11) is 1.41. The first-order chi connectivity index (χ1) is 16.7. The van der Waals surface area contributed by atoms with Gasteiger partial charge in [0.2, 0.25) is 0 Å². The number of hydrogen-bond acceptors (Lipinski definition) is 5. The second kappa shape index (κ2) is 10.9. The number of β-amino-alcohol motifs (C(OH)–C–C–N with tert-alkyl or cyclic N) is 1. The van der Waals surface area contributed by atoms with Gasteiger partial charge in [0.05, 0.1) is 18.3 Å². The molecule has 188 valence electrons. The van der Waals surface area contributed by atoms with Crippen LogP contribution >= 0.6 is 0 Å². The SMILES string of the molecule is COC(=O)c1ccc(Cc2c(C)n(CCCN3CCN(CC(C)(C)O)CC3)c3ccccc23)cc1. The Hall–Kier alpha value is -2.67. The number of carbonyl (C=O) groups excluding carboxylic acids is 1. The molecule has 6 nitrogen and oxygen atoms in total. The van der Waals surface area contributed by atoms with Gasteiger partial charge in [0.1, 0.15) is 0 Å². The average Bonchev–Trinajstić information content (AvgIpc) is 3.10. The van der Waals surface area contributed by atoms with E-state index in [1.54, 1.807) is 0 Å². The minimum absolute atomic E-state index is 0.303. The van der Waals surface area contributed by atoms with E-state index in [0.29, 0.717) is 5.56 Å². The molecule has 0 saturated carbocycles. The predicted octanol–water partition coefficient (Wildman–Crippen LogP) is 4.11. The summed E-state index contributed by atoms with van der Waals surface area (Å²) < 4.78 is 7.29. The summed E-state index contributed by atoms with van der Waals surface area (Å²) in [5, 5.41) is 11.4. The Balaban J connectivity index is 1.40. The zero-order valence-electron chi connectivity index (χ0n) is 21.6. The Kier molecular flexibility index (Phi) is 7.95. The molecule has 0 unspecified atom stereocenters. The van der Waals surface area contributed by atoms with Crippen molar-refractivity contribution in [1.29, 1.82) is 0 Å². The van der Waals surface area contributed by atoms with E-state index in [1.165, 1.54) is 34.8 Å². The molecule has 1 saturated heterocycles. The zero-order chi connectivity index (χ0) is 25.0. The number of ether oxygens (including phenoxy) is 1. The maximum absolute atomic E-state index is 11.8. The lowest BCUT2D eigenvalue weighted by atomic mass is 10.0. The number of carbonyl (C=O) groups is 1. The number of aromatic nitrogens is 1. The first-order valence-electron chi connectivity index (χ1n) is 12.7. The van der Waals surface area contributed by atoms with Gasteiger partial charge in [0.15, 0.2) is 0 Å². The van der Waals surface area contributed by atoms with Crippen molar-refractivity contribution in [3.63, 3.8) is 0 Å². The van der Waals surface area contributed by atoms with E-state index in [-0.39, 0.29) is 5.97 Å². The minimum atomic E-state index is -0.629. The van der Waals surface area contributed by atoms with Gasteiger partial charge in [-0.05, 0) is 69.5 Å². The fraction of sp³-hybridized carbons (Fsp3) is 0.483. The number of para-hydroxylation sites is 1. The largest absolute Gasteiger partial charge is 0.465 e. The molecule has 2 heterocycles. The number of fused-ring (bicyclic) bond motifs is 1. The van der Waals surface area contributed by atoms with Gasteiger partial charge < -0.3 is 19.3 Å². The van der Waals surface area contributed by atoms with Crippen LogP contribution in [0.4, 0.5) is 0 Å². The summed E-state index contributed by atoms with van der Waals surface area (Å²) >= 11 is 0. The van der Waals surface area contributed by atoms with Crippen molar-refractivity contribution in [3.8, 4) is 0 Å². The molecule has 2 aromatic carbocycles. The summed E-state index contributed by atoms with van der Waals surface area (Å²) in [5.41, 5.74) is 5.10. The normalized spacial score (nSPS) is 15.6. The number of aliphatic hydroxyl groups is 1. The first kappa shape index (κ1) is 25.4. The van der Waals surface area contributed by atoms with E-state index in [4.69, 9.17) is 4.74 Å². The number of rotatable bonds is 9. The Morgan fingerprint density at radius 2 is 1.63 bits per heavy atom. The summed E-state index contributed by atoms with van der Waals surface area (Å²) in [5.74, 6) is -0.303. The molecule has 0 atom stereocenters. The number of benzene rings is 2. The van der Waals surface area contributed by atoms with Gasteiger partial charge in [-0.25, -0.2) is 4.79 Å². The standard InChI is InChI=1S/C29H39N3O3/c1-22-26(20-23-10-12-24(13-11-23)28(33)35-4)25-8-5-6-9-27(25)32(22)15-7-14-30-16-18-31(19-17-30)21-29(2,3)34/h5-6,8-13,34H,7,14-21H2,1-4H3. The fourth-order valence-electron chi connectivity index (χ4n) is 5.27. The number of piperazine rings is 1. The Morgan fingerprint density at radius 3 is 2.29 bits per heavy atom. The van der Waals surface area contributed by atoms with E-state index in [0.717, 1.165) is 58.7 Å². The van der Waals surface area contributed by atoms with Crippen molar-refractivity contribution < 1.29 is 14.6 Å². The maximum atomic E-state index is 11.8. The topological polar surface area (TPSA) is 57.9 Å². The summed E-state index contributed by atoms with van der Waals surface area (Å²) in [6.07, 6.45) is 1.95. The molecule has 35 heavy (non-hydrogen) atoms. The number of hydrogen-bond donors (Lipinski definition) is 1. The molecular weight excluding hydrogens is 438 g/mol. The van der Waals surface area contributed by atoms with E-state index in [9.17, 15) is 9.90 Å². The van der Waals surface area contributed by atoms with Crippen LogP contribution in [0.2, 0.25) is 0 Å². The third kappa shape index (κ3) is 6.31. The molecule has 0 radical (unpaired) electrons. The van der Waals surface area contributed by atoms with Crippen molar-refractivity contribution in [1.82, 2.24) is 14.4 Å². The van der Waals surface area contributed by atoms with Gasteiger partial charge in [-0.15, -0.1) is 0 Å². The fourth-order valence-corrected chi connectivity index (χ4v) is 5.27. The number of methoxy groups -OCH3 is 1. The van der Waals surface area contributed by atoms with Crippen molar-refractivity contribution in [2.75, 3.05) is 46.4 Å². The Morgan fingerprint density at radius 1 is 0.971 bits per heavy atom. The van der Waals surface area contributed by atoms with Gasteiger partial charge in [0, 0.05) is 55.9 Å². The van der Waals surface area contributed by atoms with Crippen molar-refractivity contribution in [3.05, 3.63) is 70.9 Å². The highest BCUT2D eigenvalue weighted by molar-refractivity contribution is 5.89. The highest BCUT2D eigenvalue weighted by atomic mass is 16.5. The summed E-state index contributed by atoms with van der Waals surface area (Å²) in [6.45, 7) is 13.0. The molecule has 0 spiro atoms. The molecular formula is C29H39N3O3. The van der Waals surface area contributed by atoms with Gasteiger partial charge in [-0.1, -0.05) is 30.3 Å². The van der Waals surface area contributed by atoms with E-state index in [2.05, 4.69) is 45.6 Å². The van der Waals surface area contributed by atoms with Gasteiger partial charge in [-0.3, -0.25) is 4.90 Å². The highest BCUT2D eigenvalue weighted by Gasteiger charge is 2.22. The minimum Gasteiger partial charge on any atom is -0.465 e. The van der Waals surface area contributed by atoms with Gasteiger partial charge >= 0.3 is 5.97 Å². The average molecular weight is 478 g/mol. The third-order valence-corrected chi connectivity index (χ3v) is 7.05. The number of aryl methyl sites for hydroxylation is 1. The molecule has 0 bridgehead atoms. The molecule has 1 aromatic heterocycles. The van der Waals surface area contributed by atoms with Crippen LogP contribution in [0.1, 0.15) is 47.4 Å². The molecule has 3 aromatic rings. The van der Waals surface area contributed by atoms with E-state index >= 15 is 0 Å². The lowest BCUT2D eigenvalue weighted by Gasteiger charge is -2.37. The number of esters is 1. The van der Waals surface area contributed by atoms with Gasteiger partial charge in [0.25, 0.3) is 0 Å². The summed E-state index contributed by atoms with van der Waals surface area (Å²) in [4.78, 5) is 16.7. The second-order valence-corrected chi connectivity index (χ2v) is 10.4. The lowest BCUT2D eigenvalue weighted by molar-refractivity contribution is 0.0175. The van der Waals surface area contributed by atoms with Crippen LogP contribution in [0.15, 0.2) is 48.5 Å². The first-order valence-corrected chi connectivity index (χ1v) is 12.7. The second-order valence-electron chi connectivity index (χ2n) is 10.4. The monoisotopic (exact) mass is 477 g/mol. The molecule has 1 aliphatic rings. The van der Waals surface area contributed by atoms with Crippen LogP contribution < -0.4 is 0 Å². The van der Waals surface area contributed by atoms with Crippen molar-refractivity contribution in [2.45, 2.75) is 45.8 Å². The van der Waals surface area contributed by atoms with Crippen LogP contribution in [0.3, 0.4) is 0 Å². The quantitative estimate of drug-likeness (QED) is 0.470. The number of nitrogens with zero attached hydrogens (tertiary/aromatic N) is 3. The summed E-state index contributed by atoms with van der Waals surface area (Å²) in [6, 6.07) is 16.4. The molecule has 0 amide bonds. The van der Waals surface area contributed by atoms with Crippen LogP contribution in [0.25, 0.3) is 10.9 Å². The maximum Gasteiger partial charge on any atom is 0.337 e. The molecule has 1 aliphatic heterocycles. The van der Waals surface area contributed by atoms with Gasteiger partial charge in [-0.2, -0.15) is 0 Å². The highest BCUT2D eigenvalue weighted by Crippen LogP contribution is 2.28. The van der Waals surface area contributed by atoms with E-state index in [1.807, 2.05) is 38.1 Å². The third-order valence-electron chi connectivity index (χ3n) is 7.05. The van der Waals surface area contributed by atoms with Crippen LogP contribution in [-0.4, -0.2) is 77.4 Å². The Bertz CT molecular complexity index is 1140. The molecule has 6 heteroatoms. The Labute approximate surface area is 209 Å². The van der Waals surface area contributed by atoms with Crippen molar-refractivity contribution in [2.24, 2.45) is 0 Å². The molecule has 0 aliphatic carbocycles. The van der Waals surface area contributed by atoms with Crippen LogP contribution in [0.5, 0.6) is 0 Å².